The third-order valence-corrected chi connectivity index (χ3v) is 3.91. The fraction of sp³-hybridized carbons (Fsp3) is 0.267. The van der Waals surface area contributed by atoms with Crippen LogP contribution in [0.15, 0.2) is 23.0 Å². The van der Waals surface area contributed by atoms with E-state index in [1.165, 1.54) is 11.6 Å². The Bertz CT molecular complexity index is 844. The Balaban J connectivity index is 2.46. The molecule has 0 spiro atoms. The quantitative estimate of drug-likeness (QED) is 0.564. The SMILES string of the molecule is CCOC(=O)CNC(=O)c1c([O-])c2cc(I)ccc2n(C)c1=O. The second-order valence-electron chi connectivity index (χ2n) is 4.72. The Morgan fingerprint density at radius 1 is 1.39 bits per heavy atom. The van der Waals surface area contributed by atoms with Crippen molar-refractivity contribution in [1.29, 1.82) is 0 Å². The summed E-state index contributed by atoms with van der Waals surface area (Å²) in [6.45, 7) is 1.41. The lowest BCUT2D eigenvalue weighted by atomic mass is 10.1. The number of pyridine rings is 1. The highest BCUT2D eigenvalue weighted by Gasteiger charge is 2.17. The van der Waals surface area contributed by atoms with Gasteiger partial charge in [0.1, 0.15) is 6.54 Å². The number of carbonyl (C=O) groups excluding carboxylic acids is 2. The zero-order valence-corrected chi connectivity index (χ0v) is 14.7. The second kappa shape index (κ2) is 6.99. The summed E-state index contributed by atoms with van der Waals surface area (Å²) in [4.78, 5) is 35.7. The molecule has 1 amide bonds. The minimum Gasteiger partial charge on any atom is -0.871 e. The number of hydrogen-bond donors (Lipinski definition) is 1. The minimum absolute atomic E-state index is 0.178. The van der Waals surface area contributed by atoms with Crippen LogP contribution in [0.4, 0.5) is 0 Å². The standard InChI is InChI=1S/C15H15IN2O5/c1-3-23-11(19)7-17-14(21)12-13(20)9-6-8(16)4-5-10(9)18(2)15(12)22/h4-6,20H,3,7H2,1-2H3,(H,17,21)/p-1. The van der Waals surface area contributed by atoms with E-state index in [0.717, 1.165) is 3.57 Å². The number of carbonyl (C=O) groups is 2. The Morgan fingerprint density at radius 3 is 2.74 bits per heavy atom. The molecule has 8 heteroatoms. The predicted molar refractivity (Wildman–Crippen MR) is 90.3 cm³/mol. The molecule has 0 radical (unpaired) electrons. The summed E-state index contributed by atoms with van der Waals surface area (Å²) in [6.07, 6.45) is 0. The second-order valence-corrected chi connectivity index (χ2v) is 5.96. The maximum absolute atomic E-state index is 12.5. The Labute approximate surface area is 145 Å². The number of amides is 1. The van der Waals surface area contributed by atoms with Crippen molar-refractivity contribution in [2.24, 2.45) is 7.05 Å². The predicted octanol–water partition coefficient (Wildman–Crippen LogP) is 0.510. The zero-order chi connectivity index (χ0) is 17.1. The molecule has 0 fully saturated rings. The molecule has 0 unspecified atom stereocenters. The van der Waals surface area contributed by atoms with Gasteiger partial charge < -0.3 is 19.7 Å². The van der Waals surface area contributed by atoms with Crippen molar-refractivity contribution in [3.8, 4) is 5.75 Å². The van der Waals surface area contributed by atoms with E-state index in [1.54, 1.807) is 25.1 Å². The molecule has 1 aromatic heterocycles. The highest BCUT2D eigenvalue weighted by atomic mass is 127. The maximum atomic E-state index is 12.5. The number of rotatable bonds is 4. The molecule has 7 nitrogen and oxygen atoms in total. The van der Waals surface area contributed by atoms with Gasteiger partial charge in [-0.05, 0) is 53.1 Å². The van der Waals surface area contributed by atoms with Gasteiger partial charge in [0.25, 0.3) is 11.5 Å². The largest absolute Gasteiger partial charge is 0.871 e. The summed E-state index contributed by atoms with van der Waals surface area (Å²) in [6, 6.07) is 5.03. The molecule has 1 N–H and O–H groups in total. The fourth-order valence-corrected chi connectivity index (χ4v) is 2.64. The van der Waals surface area contributed by atoms with Crippen LogP contribution in [0, 0.1) is 3.57 Å². The van der Waals surface area contributed by atoms with Gasteiger partial charge >= 0.3 is 5.97 Å². The fourth-order valence-electron chi connectivity index (χ4n) is 2.14. The minimum atomic E-state index is -0.885. The van der Waals surface area contributed by atoms with Crippen molar-refractivity contribution < 1.29 is 19.4 Å². The van der Waals surface area contributed by atoms with Gasteiger partial charge in [-0.25, -0.2) is 0 Å². The van der Waals surface area contributed by atoms with Crippen LogP contribution in [0.3, 0.4) is 0 Å². The van der Waals surface area contributed by atoms with Crippen molar-refractivity contribution in [3.63, 3.8) is 0 Å². The van der Waals surface area contributed by atoms with E-state index in [-0.39, 0.29) is 12.0 Å². The van der Waals surface area contributed by atoms with Crippen LogP contribution in [0.2, 0.25) is 0 Å². The Hall–Kier alpha value is -2.10. The zero-order valence-electron chi connectivity index (χ0n) is 12.5. The average Bonchev–Trinajstić information content (AvgIpc) is 2.51. The first-order valence-electron chi connectivity index (χ1n) is 6.79. The smallest absolute Gasteiger partial charge is 0.325 e. The van der Waals surface area contributed by atoms with Crippen LogP contribution in [0.25, 0.3) is 10.9 Å². The van der Waals surface area contributed by atoms with E-state index in [4.69, 9.17) is 0 Å². The topological polar surface area (TPSA) is 100 Å². The van der Waals surface area contributed by atoms with Crippen LogP contribution < -0.4 is 16.0 Å². The number of esters is 1. The number of nitrogens with one attached hydrogen (secondary N) is 1. The molecule has 122 valence electrons. The van der Waals surface area contributed by atoms with E-state index in [0.29, 0.717) is 5.52 Å². The summed E-state index contributed by atoms with van der Waals surface area (Å²) in [5.74, 6) is -2.17. The average molecular weight is 429 g/mol. The number of hydrogen-bond acceptors (Lipinski definition) is 5. The first-order valence-corrected chi connectivity index (χ1v) is 7.87. The van der Waals surface area contributed by atoms with Gasteiger partial charge in [-0.15, -0.1) is 0 Å². The molecule has 0 aliphatic heterocycles. The normalized spacial score (nSPS) is 10.6. The number of ether oxygens (including phenoxy) is 1. The van der Waals surface area contributed by atoms with Gasteiger partial charge in [-0.1, -0.05) is 5.75 Å². The van der Waals surface area contributed by atoms with Crippen molar-refractivity contribution in [2.75, 3.05) is 13.2 Å². The van der Waals surface area contributed by atoms with Crippen molar-refractivity contribution in [2.45, 2.75) is 6.92 Å². The van der Waals surface area contributed by atoms with E-state index >= 15 is 0 Å². The number of halogens is 1. The summed E-state index contributed by atoms with van der Waals surface area (Å²) in [7, 11) is 1.49. The lowest BCUT2D eigenvalue weighted by molar-refractivity contribution is -0.266. The summed E-state index contributed by atoms with van der Waals surface area (Å²) in [5, 5.41) is 15.0. The molecule has 0 saturated carbocycles. The number of aromatic nitrogens is 1. The third kappa shape index (κ3) is 3.46. The number of fused-ring (bicyclic) bond motifs is 1. The monoisotopic (exact) mass is 429 g/mol. The molecule has 1 aromatic carbocycles. The van der Waals surface area contributed by atoms with E-state index in [2.05, 4.69) is 10.1 Å². The van der Waals surface area contributed by atoms with Gasteiger partial charge in [-0.3, -0.25) is 14.4 Å². The first kappa shape index (κ1) is 17.3. The molecule has 0 saturated heterocycles. The van der Waals surface area contributed by atoms with Crippen molar-refractivity contribution >= 4 is 45.4 Å². The Morgan fingerprint density at radius 2 is 2.09 bits per heavy atom. The van der Waals surface area contributed by atoms with E-state index in [1.807, 2.05) is 22.6 Å². The maximum Gasteiger partial charge on any atom is 0.325 e. The lowest BCUT2D eigenvalue weighted by Crippen LogP contribution is -2.36. The van der Waals surface area contributed by atoms with Gasteiger partial charge in [0.2, 0.25) is 0 Å². The molecule has 23 heavy (non-hydrogen) atoms. The first-order chi connectivity index (χ1) is 10.9. The van der Waals surface area contributed by atoms with Crippen LogP contribution in [-0.2, 0) is 16.6 Å². The third-order valence-electron chi connectivity index (χ3n) is 3.24. The van der Waals surface area contributed by atoms with Crippen LogP contribution >= 0.6 is 22.6 Å². The number of aryl methyl sites for hydroxylation is 1. The molecule has 1 heterocycles. The van der Waals surface area contributed by atoms with Gasteiger partial charge in [-0.2, -0.15) is 0 Å². The molecule has 0 aliphatic carbocycles. The van der Waals surface area contributed by atoms with Crippen molar-refractivity contribution in [3.05, 3.63) is 37.7 Å². The molecular formula is C15H14IN2O5-. The van der Waals surface area contributed by atoms with Crippen LogP contribution in [0.5, 0.6) is 5.75 Å². The van der Waals surface area contributed by atoms with Gasteiger partial charge in [0, 0.05) is 10.6 Å². The molecule has 0 atom stereocenters. The molecule has 2 rings (SSSR count). The van der Waals surface area contributed by atoms with Crippen LogP contribution in [0.1, 0.15) is 17.3 Å². The summed E-state index contributed by atoms with van der Waals surface area (Å²) in [5.41, 5.74) is -0.765. The summed E-state index contributed by atoms with van der Waals surface area (Å²) < 4.78 is 6.73. The highest BCUT2D eigenvalue weighted by molar-refractivity contribution is 14.1. The van der Waals surface area contributed by atoms with Gasteiger partial charge in [0.15, 0.2) is 0 Å². The Kier molecular flexibility index (Phi) is 5.24. The number of benzene rings is 1. The van der Waals surface area contributed by atoms with E-state index in [9.17, 15) is 19.5 Å². The molecular weight excluding hydrogens is 415 g/mol. The molecule has 2 aromatic rings. The summed E-state index contributed by atoms with van der Waals surface area (Å²) >= 11 is 2.04. The number of nitrogens with zero attached hydrogens (tertiary/aromatic N) is 1. The molecule has 0 bridgehead atoms. The van der Waals surface area contributed by atoms with E-state index < -0.39 is 35.3 Å². The molecule has 0 aliphatic rings. The lowest BCUT2D eigenvalue weighted by Gasteiger charge is -2.18. The van der Waals surface area contributed by atoms with Crippen LogP contribution in [-0.4, -0.2) is 29.6 Å². The van der Waals surface area contributed by atoms with Crippen molar-refractivity contribution in [1.82, 2.24) is 9.88 Å². The van der Waals surface area contributed by atoms with Gasteiger partial charge in [0.05, 0.1) is 17.7 Å². The highest BCUT2D eigenvalue weighted by Crippen LogP contribution is 2.25.